The summed E-state index contributed by atoms with van der Waals surface area (Å²) < 4.78 is 0. The summed E-state index contributed by atoms with van der Waals surface area (Å²) in [5.41, 5.74) is 5.43. The van der Waals surface area contributed by atoms with Gasteiger partial charge in [0.25, 0.3) is 0 Å². The molecular weight excluding hydrogens is 372 g/mol. The number of hydrogen-bond acceptors (Lipinski definition) is 8. The molecule has 0 aliphatic carbocycles. The summed E-state index contributed by atoms with van der Waals surface area (Å²) in [6, 6.07) is 18.4. The number of hydrogen-bond donors (Lipinski definition) is 8. The first-order valence-corrected chi connectivity index (χ1v) is 7.99. The summed E-state index contributed by atoms with van der Waals surface area (Å²) in [5.74, 6) is -3.65. The van der Waals surface area contributed by atoms with Gasteiger partial charge in [0.05, 0.1) is 25.3 Å². The van der Waals surface area contributed by atoms with Crippen LogP contribution in [-0.4, -0.2) is 55.9 Å². The molecule has 0 bridgehead atoms. The van der Waals surface area contributed by atoms with E-state index in [0.717, 1.165) is 11.1 Å². The second kappa shape index (κ2) is 15.2. The number of rotatable bonds is 6. The molecule has 2 aromatic carbocycles. The van der Waals surface area contributed by atoms with Crippen molar-refractivity contribution in [1.29, 1.82) is 0 Å². The molecule has 2 unspecified atom stereocenters. The van der Waals surface area contributed by atoms with Gasteiger partial charge in [-0.05, 0) is 11.1 Å². The highest BCUT2D eigenvalue weighted by molar-refractivity contribution is 6.27. The van der Waals surface area contributed by atoms with Gasteiger partial charge in [-0.25, -0.2) is 20.5 Å². The van der Waals surface area contributed by atoms with Crippen LogP contribution in [0, 0.1) is 0 Å². The molecule has 0 aliphatic rings. The van der Waals surface area contributed by atoms with Gasteiger partial charge >= 0.3 is 11.9 Å². The number of aliphatic carboxylic acids is 2. The molecule has 0 radical (unpaired) electrons. The van der Waals surface area contributed by atoms with E-state index in [9.17, 15) is 10.2 Å². The number of carbonyl (C=O) groups is 2. The third kappa shape index (κ3) is 11.7. The molecule has 0 fully saturated rings. The van der Waals surface area contributed by atoms with Gasteiger partial charge in [-0.15, -0.1) is 0 Å². The van der Waals surface area contributed by atoms with Crippen LogP contribution in [-0.2, 0) is 9.59 Å². The molecule has 0 saturated heterocycles. The summed E-state index contributed by atoms with van der Waals surface area (Å²) in [6.45, 7) is 0.314. The Balaban J connectivity index is 0.000000411. The zero-order valence-corrected chi connectivity index (χ0v) is 14.8. The van der Waals surface area contributed by atoms with Crippen LogP contribution in [0.25, 0.3) is 0 Å². The van der Waals surface area contributed by atoms with Crippen molar-refractivity contribution in [2.45, 2.75) is 12.2 Å². The van der Waals surface area contributed by atoms with Gasteiger partial charge in [-0.2, -0.15) is 0 Å². The molecule has 0 saturated carbocycles. The van der Waals surface area contributed by atoms with Crippen LogP contribution in [0.15, 0.2) is 60.7 Å². The van der Waals surface area contributed by atoms with E-state index in [-0.39, 0.29) is 13.1 Å². The minimum Gasteiger partial charge on any atom is -0.473 e. The predicted octanol–water partition coefficient (Wildman–Crippen LogP) is 0.553. The van der Waals surface area contributed by atoms with Crippen molar-refractivity contribution in [1.82, 2.24) is 11.0 Å². The summed E-state index contributed by atoms with van der Waals surface area (Å²) in [4.78, 5) is 18.2. The maximum absolute atomic E-state index is 9.30. The zero-order chi connectivity index (χ0) is 21.4. The maximum Gasteiger partial charge on any atom is 0.414 e. The summed E-state index contributed by atoms with van der Waals surface area (Å²) in [5, 5.41) is 50.0. The Morgan fingerprint density at radius 3 is 1.18 bits per heavy atom. The molecule has 0 aromatic heterocycles. The van der Waals surface area contributed by atoms with E-state index in [1.807, 2.05) is 71.6 Å². The molecule has 10 nitrogen and oxygen atoms in total. The minimum atomic E-state index is -1.82. The first-order valence-electron chi connectivity index (χ1n) is 7.99. The molecule has 0 amide bonds. The minimum absolute atomic E-state index is 0.157. The Bertz CT molecular complexity index is 610. The van der Waals surface area contributed by atoms with Gasteiger partial charge in [0.2, 0.25) is 0 Å². The SMILES string of the molecule is O=C(O)C(=O)O.ONCC(O)c1ccccc1.ONCC(O)c1ccccc1. The van der Waals surface area contributed by atoms with Crippen molar-refractivity contribution >= 4 is 11.9 Å². The summed E-state index contributed by atoms with van der Waals surface area (Å²) in [7, 11) is 0. The summed E-state index contributed by atoms with van der Waals surface area (Å²) >= 11 is 0. The zero-order valence-electron chi connectivity index (χ0n) is 14.8. The van der Waals surface area contributed by atoms with Crippen LogP contribution in [0.3, 0.4) is 0 Å². The Labute approximate surface area is 161 Å². The van der Waals surface area contributed by atoms with Crippen molar-refractivity contribution in [2.75, 3.05) is 13.1 Å². The number of nitrogens with one attached hydrogen (secondary N) is 2. The molecule has 2 rings (SSSR count). The van der Waals surface area contributed by atoms with Crippen LogP contribution in [0.1, 0.15) is 23.3 Å². The van der Waals surface area contributed by atoms with Crippen molar-refractivity contribution in [3.63, 3.8) is 0 Å². The van der Waals surface area contributed by atoms with Crippen molar-refractivity contribution in [2.24, 2.45) is 0 Å². The highest BCUT2D eigenvalue weighted by Gasteiger charge is 2.05. The fraction of sp³-hybridized carbons (Fsp3) is 0.222. The molecule has 10 heteroatoms. The smallest absolute Gasteiger partial charge is 0.414 e. The molecule has 154 valence electrons. The molecule has 0 heterocycles. The Morgan fingerprint density at radius 1 is 0.679 bits per heavy atom. The number of carboxylic acids is 2. The van der Waals surface area contributed by atoms with E-state index in [1.54, 1.807) is 0 Å². The number of aliphatic hydroxyl groups excluding tert-OH is 2. The fourth-order valence-corrected chi connectivity index (χ4v) is 1.76. The third-order valence-corrected chi connectivity index (χ3v) is 3.12. The first-order chi connectivity index (χ1) is 13.3. The normalized spacial score (nSPS) is 11.7. The van der Waals surface area contributed by atoms with E-state index in [0.29, 0.717) is 0 Å². The maximum atomic E-state index is 9.30. The standard InChI is InChI=1S/2C8H11NO2.C2H2O4/c2*10-8(6-9-11)7-4-2-1-3-5-7;3-1(4)2(5)6/h2*1-5,8-11H,6H2;(H,3,4)(H,5,6). The lowest BCUT2D eigenvalue weighted by Crippen LogP contribution is -2.17. The van der Waals surface area contributed by atoms with Gasteiger partial charge in [-0.3, -0.25) is 0 Å². The third-order valence-electron chi connectivity index (χ3n) is 3.12. The van der Waals surface area contributed by atoms with E-state index < -0.39 is 24.1 Å². The number of aliphatic hydroxyl groups is 2. The second-order valence-corrected chi connectivity index (χ2v) is 5.19. The molecular formula is C18H24N2O8. The molecule has 28 heavy (non-hydrogen) atoms. The Kier molecular flexibility index (Phi) is 13.7. The average Bonchev–Trinajstić information content (AvgIpc) is 2.70. The Morgan fingerprint density at radius 2 is 0.964 bits per heavy atom. The van der Waals surface area contributed by atoms with Gasteiger partial charge in [-0.1, -0.05) is 60.7 Å². The molecule has 2 aromatic rings. The van der Waals surface area contributed by atoms with Crippen molar-refractivity contribution in [3.05, 3.63) is 71.8 Å². The second-order valence-electron chi connectivity index (χ2n) is 5.19. The Hall–Kier alpha value is -2.86. The highest BCUT2D eigenvalue weighted by atomic mass is 16.5. The lowest BCUT2D eigenvalue weighted by molar-refractivity contribution is -0.159. The van der Waals surface area contributed by atoms with Gasteiger partial charge in [0.15, 0.2) is 0 Å². The van der Waals surface area contributed by atoms with E-state index in [1.165, 1.54) is 0 Å². The quantitative estimate of drug-likeness (QED) is 0.254. The fourth-order valence-electron chi connectivity index (χ4n) is 1.76. The van der Waals surface area contributed by atoms with Crippen LogP contribution >= 0.6 is 0 Å². The monoisotopic (exact) mass is 396 g/mol. The highest BCUT2D eigenvalue weighted by Crippen LogP contribution is 2.10. The van der Waals surface area contributed by atoms with Crippen LogP contribution in [0.4, 0.5) is 0 Å². The topological polar surface area (TPSA) is 180 Å². The van der Waals surface area contributed by atoms with Gasteiger partial charge in [0.1, 0.15) is 0 Å². The molecule has 0 spiro atoms. The molecule has 8 N–H and O–H groups in total. The van der Waals surface area contributed by atoms with Crippen molar-refractivity contribution in [3.8, 4) is 0 Å². The lowest BCUT2D eigenvalue weighted by Gasteiger charge is -2.08. The van der Waals surface area contributed by atoms with E-state index in [4.69, 9.17) is 30.2 Å². The van der Waals surface area contributed by atoms with Crippen molar-refractivity contribution < 1.29 is 40.4 Å². The largest absolute Gasteiger partial charge is 0.473 e. The van der Waals surface area contributed by atoms with Crippen LogP contribution in [0.5, 0.6) is 0 Å². The van der Waals surface area contributed by atoms with E-state index in [2.05, 4.69) is 0 Å². The predicted molar refractivity (Wildman–Crippen MR) is 97.7 cm³/mol. The first kappa shape index (κ1) is 25.1. The number of benzene rings is 2. The van der Waals surface area contributed by atoms with Crippen LogP contribution in [0.2, 0.25) is 0 Å². The van der Waals surface area contributed by atoms with Crippen LogP contribution < -0.4 is 11.0 Å². The van der Waals surface area contributed by atoms with Gasteiger partial charge < -0.3 is 30.8 Å². The number of hydroxylamine groups is 2. The lowest BCUT2D eigenvalue weighted by atomic mass is 10.1. The summed E-state index contributed by atoms with van der Waals surface area (Å²) in [6.07, 6.45) is -1.28. The molecule has 2 atom stereocenters. The molecule has 0 aliphatic heterocycles. The average molecular weight is 396 g/mol. The van der Waals surface area contributed by atoms with Gasteiger partial charge in [0, 0.05) is 0 Å². The number of carboxylic acid groups (broad SMARTS) is 2. The van der Waals surface area contributed by atoms with E-state index >= 15 is 0 Å².